The molecule has 0 saturated heterocycles. The Kier molecular flexibility index (Phi) is 5.23. The molecule has 1 aromatic heterocycles. The van der Waals surface area contributed by atoms with Crippen LogP contribution < -0.4 is 5.32 Å². The fourth-order valence-corrected chi connectivity index (χ4v) is 3.96. The van der Waals surface area contributed by atoms with Crippen LogP contribution in [0.2, 0.25) is 0 Å². The number of hydrogen-bond acceptors (Lipinski definition) is 4. The lowest BCUT2D eigenvalue weighted by atomic mass is 10.2. The third kappa shape index (κ3) is 3.62. The van der Waals surface area contributed by atoms with Crippen molar-refractivity contribution in [1.29, 1.82) is 0 Å². The first-order chi connectivity index (χ1) is 10.9. The molecular weight excluding hydrogens is 316 g/mol. The van der Waals surface area contributed by atoms with E-state index in [-0.39, 0.29) is 10.8 Å². The fraction of sp³-hybridized carbons (Fsp3) is 0.312. The monoisotopic (exact) mass is 336 g/mol. The lowest BCUT2D eigenvalue weighted by Crippen LogP contribution is -2.31. The molecule has 2 rings (SSSR count). The smallest absolute Gasteiger partial charge is 0.258 e. The first kappa shape index (κ1) is 17.2. The zero-order valence-corrected chi connectivity index (χ0v) is 14.2. The number of hydrogen-bond donors (Lipinski definition) is 1. The number of furan rings is 1. The van der Waals surface area contributed by atoms with Crippen LogP contribution in [0.3, 0.4) is 0 Å². The minimum absolute atomic E-state index is 0.200. The fourth-order valence-electron chi connectivity index (χ4n) is 2.26. The van der Waals surface area contributed by atoms with Crippen LogP contribution in [0.4, 0.5) is 5.69 Å². The number of benzene rings is 1. The number of aryl methyl sites for hydroxylation is 1. The van der Waals surface area contributed by atoms with Crippen molar-refractivity contribution >= 4 is 21.6 Å². The van der Waals surface area contributed by atoms with Gasteiger partial charge in [-0.3, -0.25) is 4.79 Å². The van der Waals surface area contributed by atoms with E-state index in [1.807, 2.05) is 0 Å². The standard InChI is InChI=1S/C16H20N2O4S/c1-4-18(5-2)23(20,21)15-10-14(7-6-12(15)3)17-16(19)13-8-9-22-11-13/h6-11H,4-5H2,1-3H3,(H,17,19). The summed E-state index contributed by atoms with van der Waals surface area (Å²) >= 11 is 0. The minimum Gasteiger partial charge on any atom is -0.472 e. The van der Waals surface area contributed by atoms with E-state index in [4.69, 9.17) is 4.42 Å². The number of carbonyl (C=O) groups excluding carboxylic acids is 1. The van der Waals surface area contributed by atoms with Gasteiger partial charge < -0.3 is 9.73 Å². The number of amides is 1. The lowest BCUT2D eigenvalue weighted by molar-refractivity contribution is 0.102. The van der Waals surface area contributed by atoms with Gasteiger partial charge in [-0.05, 0) is 30.7 Å². The Labute approximate surface area is 136 Å². The zero-order chi connectivity index (χ0) is 17.0. The minimum atomic E-state index is -3.58. The summed E-state index contributed by atoms with van der Waals surface area (Å²) in [6.07, 6.45) is 2.73. The second kappa shape index (κ2) is 6.97. The molecule has 0 bridgehead atoms. The average molecular weight is 336 g/mol. The highest BCUT2D eigenvalue weighted by atomic mass is 32.2. The van der Waals surface area contributed by atoms with Gasteiger partial charge in [0, 0.05) is 18.8 Å². The molecule has 1 aromatic carbocycles. The predicted molar refractivity (Wildman–Crippen MR) is 87.9 cm³/mol. The van der Waals surface area contributed by atoms with E-state index >= 15 is 0 Å². The maximum Gasteiger partial charge on any atom is 0.258 e. The van der Waals surface area contributed by atoms with Crippen molar-refractivity contribution in [2.75, 3.05) is 18.4 Å². The van der Waals surface area contributed by atoms with Gasteiger partial charge >= 0.3 is 0 Å². The maximum absolute atomic E-state index is 12.7. The molecule has 2 aromatic rings. The van der Waals surface area contributed by atoms with Gasteiger partial charge in [-0.15, -0.1) is 0 Å². The highest BCUT2D eigenvalue weighted by molar-refractivity contribution is 7.89. The molecule has 0 aliphatic rings. The van der Waals surface area contributed by atoms with Crippen molar-refractivity contribution < 1.29 is 17.6 Å². The molecular formula is C16H20N2O4S. The molecule has 1 amide bonds. The third-order valence-corrected chi connectivity index (χ3v) is 5.74. The van der Waals surface area contributed by atoms with Crippen LogP contribution in [0.25, 0.3) is 0 Å². The Balaban J connectivity index is 2.34. The molecule has 23 heavy (non-hydrogen) atoms. The molecule has 1 heterocycles. The summed E-state index contributed by atoms with van der Waals surface area (Å²) < 4.78 is 31.6. The quantitative estimate of drug-likeness (QED) is 0.879. The number of nitrogens with zero attached hydrogens (tertiary/aromatic N) is 1. The van der Waals surface area contributed by atoms with E-state index in [1.165, 1.54) is 29.0 Å². The molecule has 124 valence electrons. The molecule has 1 N–H and O–H groups in total. The number of sulfonamides is 1. The van der Waals surface area contributed by atoms with Gasteiger partial charge in [0.25, 0.3) is 5.91 Å². The Morgan fingerprint density at radius 2 is 1.91 bits per heavy atom. The molecule has 0 radical (unpaired) electrons. The average Bonchev–Trinajstić information content (AvgIpc) is 3.04. The Hall–Kier alpha value is -2.12. The third-order valence-electron chi connectivity index (χ3n) is 3.55. The second-order valence-electron chi connectivity index (χ2n) is 5.04. The van der Waals surface area contributed by atoms with E-state index in [0.717, 1.165) is 0 Å². The second-order valence-corrected chi connectivity index (χ2v) is 6.94. The summed E-state index contributed by atoms with van der Waals surface area (Å²) in [4.78, 5) is 12.2. The summed E-state index contributed by atoms with van der Waals surface area (Å²) in [6, 6.07) is 6.38. The number of rotatable bonds is 6. The summed E-state index contributed by atoms with van der Waals surface area (Å²) in [5.41, 5.74) is 1.43. The number of carbonyl (C=O) groups is 1. The molecule has 0 fully saturated rings. The van der Waals surface area contributed by atoms with Gasteiger partial charge in [0.1, 0.15) is 6.26 Å². The van der Waals surface area contributed by atoms with Crippen LogP contribution in [-0.2, 0) is 10.0 Å². The van der Waals surface area contributed by atoms with Crippen LogP contribution in [0.15, 0.2) is 46.1 Å². The van der Waals surface area contributed by atoms with Gasteiger partial charge in [0.15, 0.2) is 0 Å². The molecule has 0 aliphatic heterocycles. The molecule has 0 saturated carbocycles. The molecule has 0 unspecified atom stereocenters. The first-order valence-electron chi connectivity index (χ1n) is 7.34. The van der Waals surface area contributed by atoms with Gasteiger partial charge in [0.2, 0.25) is 10.0 Å². The molecule has 7 heteroatoms. The highest BCUT2D eigenvalue weighted by Crippen LogP contribution is 2.24. The molecule has 0 spiro atoms. The van der Waals surface area contributed by atoms with Gasteiger partial charge in [-0.1, -0.05) is 19.9 Å². The van der Waals surface area contributed by atoms with Crippen molar-refractivity contribution in [3.8, 4) is 0 Å². The van der Waals surface area contributed by atoms with Crippen LogP contribution in [0.1, 0.15) is 29.8 Å². The van der Waals surface area contributed by atoms with Crippen LogP contribution >= 0.6 is 0 Å². The van der Waals surface area contributed by atoms with Crippen LogP contribution in [-0.4, -0.2) is 31.7 Å². The molecule has 6 nitrogen and oxygen atoms in total. The number of anilines is 1. The van der Waals surface area contributed by atoms with Crippen molar-refractivity contribution in [1.82, 2.24) is 4.31 Å². The summed E-state index contributed by atoms with van der Waals surface area (Å²) in [6.45, 7) is 6.10. The lowest BCUT2D eigenvalue weighted by Gasteiger charge is -2.20. The largest absolute Gasteiger partial charge is 0.472 e. The van der Waals surface area contributed by atoms with Crippen molar-refractivity contribution in [2.24, 2.45) is 0 Å². The van der Waals surface area contributed by atoms with Gasteiger partial charge in [-0.2, -0.15) is 4.31 Å². The predicted octanol–water partition coefficient (Wildman–Crippen LogP) is 2.87. The molecule has 0 atom stereocenters. The Morgan fingerprint density at radius 1 is 1.22 bits per heavy atom. The van der Waals surface area contributed by atoms with Crippen LogP contribution in [0, 0.1) is 6.92 Å². The first-order valence-corrected chi connectivity index (χ1v) is 8.78. The van der Waals surface area contributed by atoms with Crippen LogP contribution in [0.5, 0.6) is 0 Å². The Bertz CT molecular complexity index is 778. The summed E-state index contributed by atoms with van der Waals surface area (Å²) in [7, 11) is -3.58. The molecule has 0 aliphatic carbocycles. The SMILES string of the molecule is CCN(CC)S(=O)(=O)c1cc(NC(=O)c2ccoc2)ccc1C. The van der Waals surface area contributed by atoms with E-state index in [9.17, 15) is 13.2 Å². The maximum atomic E-state index is 12.7. The van der Waals surface area contributed by atoms with Gasteiger partial charge in [0.05, 0.1) is 16.7 Å². The Morgan fingerprint density at radius 3 is 2.48 bits per heavy atom. The zero-order valence-electron chi connectivity index (χ0n) is 13.4. The van der Waals surface area contributed by atoms with Crippen molar-refractivity contribution in [3.05, 3.63) is 47.9 Å². The summed E-state index contributed by atoms with van der Waals surface area (Å²) in [5, 5.41) is 2.68. The number of nitrogens with one attached hydrogen (secondary N) is 1. The van der Waals surface area contributed by atoms with Crippen molar-refractivity contribution in [2.45, 2.75) is 25.7 Å². The van der Waals surface area contributed by atoms with Crippen molar-refractivity contribution in [3.63, 3.8) is 0 Å². The highest BCUT2D eigenvalue weighted by Gasteiger charge is 2.24. The van der Waals surface area contributed by atoms with E-state index in [2.05, 4.69) is 5.32 Å². The normalized spacial score (nSPS) is 11.7. The summed E-state index contributed by atoms with van der Waals surface area (Å²) in [5.74, 6) is -0.353. The topological polar surface area (TPSA) is 79.6 Å². The van der Waals surface area contributed by atoms with E-state index in [1.54, 1.807) is 32.9 Å². The van der Waals surface area contributed by atoms with E-state index in [0.29, 0.717) is 29.9 Å². The van der Waals surface area contributed by atoms with Gasteiger partial charge in [-0.25, -0.2) is 8.42 Å². The van der Waals surface area contributed by atoms with E-state index < -0.39 is 10.0 Å².